The molecule has 1 aliphatic rings. The second kappa shape index (κ2) is 11.7. The van der Waals surface area contributed by atoms with Crippen LogP contribution in [-0.2, 0) is 26.2 Å². The number of alkyl halides is 3. The Kier molecular flexibility index (Phi) is 9.60. The Balaban J connectivity index is 0.00000341. The van der Waals surface area contributed by atoms with Crippen LogP contribution >= 0.6 is 24.0 Å². The molecule has 0 spiro atoms. The number of nitrogens with one attached hydrogen (secondary N) is 2. The third kappa shape index (κ3) is 7.99. The van der Waals surface area contributed by atoms with Crippen LogP contribution in [0.4, 0.5) is 13.2 Å². The van der Waals surface area contributed by atoms with E-state index in [1.54, 1.807) is 16.8 Å². The molecule has 1 aliphatic heterocycles. The third-order valence-electron chi connectivity index (χ3n) is 5.07. The number of benzene rings is 1. The van der Waals surface area contributed by atoms with Crippen LogP contribution in [0.1, 0.15) is 30.0 Å². The highest BCUT2D eigenvalue weighted by atomic mass is 127. The number of rotatable bonds is 7. The number of aryl methyl sites for hydroxylation is 1. The summed E-state index contributed by atoms with van der Waals surface area (Å²) in [7, 11) is 1.90. The van der Waals surface area contributed by atoms with E-state index < -0.39 is 11.7 Å². The summed E-state index contributed by atoms with van der Waals surface area (Å²) in [5.41, 5.74) is 1.44. The van der Waals surface area contributed by atoms with Crippen molar-refractivity contribution < 1.29 is 13.2 Å². The summed E-state index contributed by atoms with van der Waals surface area (Å²) in [6, 6.07) is 5.69. The maximum absolute atomic E-state index is 12.7. The number of halogens is 4. The van der Waals surface area contributed by atoms with Gasteiger partial charge in [-0.1, -0.05) is 12.1 Å². The molecule has 1 saturated heterocycles. The van der Waals surface area contributed by atoms with Crippen molar-refractivity contribution in [3.05, 3.63) is 53.3 Å². The molecule has 0 bridgehead atoms. The summed E-state index contributed by atoms with van der Waals surface area (Å²) in [6.07, 6.45) is 1.35. The molecule has 0 aliphatic carbocycles. The van der Waals surface area contributed by atoms with Crippen molar-refractivity contribution in [2.45, 2.75) is 38.5 Å². The molecule has 0 radical (unpaired) electrons. The highest BCUT2D eigenvalue weighted by Crippen LogP contribution is 2.29. The summed E-state index contributed by atoms with van der Waals surface area (Å²) in [6.45, 7) is 5.85. The van der Waals surface area contributed by atoms with Gasteiger partial charge in [-0.05, 0) is 43.0 Å². The van der Waals surface area contributed by atoms with Crippen molar-refractivity contribution in [3.63, 3.8) is 0 Å². The summed E-state index contributed by atoms with van der Waals surface area (Å²) in [5, 5.41) is 10.9. The first-order valence-electron chi connectivity index (χ1n) is 10.2. The van der Waals surface area contributed by atoms with Crippen LogP contribution < -0.4 is 10.6 Å². The molecule has 172 valence electrons. The van der Waals surface area contributed by atoms with Crippen molar-refractivity contribution in [1.82, 2.24) is 25.3 Å². The second-order valence-corrected chi connectivity index (χ2v) is 7.59. The number of hydrogen-bond acceptors (Lipinski definition) is 3. The number of aliphatic imine (C=N–C) groups is 1. The summed E-state index contributed by atoms with van der Waals surface area (Å²) < 4.78 is 39.9. The lowest BCUT2D eigenvalue weighted by molar-refractivity contribution is -0.137. The average molecular weight is 550 g/mol. The fourth-order valence-corrected chi connectivity index (χ4v) is 3.56. The number of aromatic nitrogens is 2. The van der Waals surface area contributed by atoms with Gasteiger partial charge in [0.05, 0.1) is 11.8 Å². The lowest BCUT2D eigenvalue weighted by Gasteiger charge is -2.19. The molecule has 0 saturated carbocycles. The fourth-order valence-electron chi connectivity index (χ4n) is 3.56. The highest BCUT2D eigenvalue weighted by Gasteiger charge is 2.30. The van der Waals surface area contributed by atoms with E-state index in [1.807, 2.05) is 26.4 Å². The molecule has 1 aromatic heterocycles. The van der Waals surface area contributed by atoms with Gasteiger partial charge in [0.1, 0.15) is 0 Å². The molecule has 3 rings (SSSR count). The van der Waals surface area contributed by atoms with Crippen LogP contribution in [0.2, 0.25) is 0 Å². The van der Waals surface area contributed by atoms with Crippen LogP contribution in [0.3, 0.4) is 0 Å². The lowest BCUT2D eigenvalue weighted by atomic mass is 10.1. The van der Waals surface area contributed by atoms with Crippen LogP contribution in [0.25, 0.3) is 0 Å². The summed E-state index contributed by atoms with van der Waals surface area (Å²) in [5.74, 6) is 0.794. The molecule has 10 heteroatoms. The molecule has 1 aromatic carbocycles. The Morgan fingerprint density at radius 3 is 2.58 bits per heavy atom. The summed E-state index contributed by atoms with van der Waals surface area (Å²) >= 11 is 0. The first-order chi connectivity index (χ1) is 14.3. The number of guanidine groups is 1. The van der Waals surface area contributed by atoms with E-state index in [1.165, 1.54) is 0 Å². The lowest BCUT2D eigenvalue weighted by Crippen LogP contribution is -2.44. The molecule has 1 fully saturated rings. The Labute approximate surface area is 198 Å². The van der Waals surface area contributed by atoms with Gasteiger partial charge in [-0.2, -0.15) is 18.3 Å². The minimum absolute atomic E-state index is 0. The second-order valence-electron chi connectivity index (χ2n) is 7.59. The van der Waals surface area contributed by atoms with Gasteiger partial charge in [0.2, 0.25) is 0 Å². The molecule has 6 nitrogen and oxygen atoms in total. The molecular weight excluding hydrogens is 520 g/mol. The SMILES string of the molecule is CCNC(=NCCc1cnn(C)c1)NC1CCN(Cc2ccc(C(F)(F)F)cc2)C1.I. The molecule has 1 unspecified atom stereocenters. The molecule has 2 N–H and O–H groups in total. The van der Waals surface area contributed by atoms with Crippen molar-refractivity contribution in [2.75, 3.05) is 26.2 Å². The van der Waals surface area contributed by atoms with Gasteiger partial charge >= 0.3 is 6.18 Å². The van der Waals surface area contributed by atoms with E-state index in [0.29, 0.717) is 13.1 Å². The van der Waals surface area contributed by atoms with Crippen LogP contribution in [0, 0.1) is 0 Å². The smallest absolute Gasteiger partial charge is 0.357 e. The Morgan fingerprint density at radius 1 is 1.23 bits per heavy atom. The molecule has 31 heavy (non-hydrogen) atoms. The monoisotopic (exact) mass is 550 g/mol. The molecular formula is C21H30F3IN6. The Hall–Kier alpha value is -1.82. The van der Waals surface area contributed by atoms with Gasteiger partial charge in [-0.15, -0.1) is 24.0 Å². The average Bonchev–Trinajstić information content (AvgIpc) is 3.30. The number of nitrogens with zero attached hydrogens (tertiary/aromatic N) is 4. The van der Waals surface area contributed by atoms with Crippen molar-refractivity contribution in [2.24, 2.45) is 12.0 Å². The van der Waals surface area contributed by atoms with Crippen molar-refractivity contribution >= 4 is 29.9 Å². The Morgan fingerprint density at radius 2 is 1.97 bits per heavy atom. The zero-order chi connectivity index (χ0) is 21.6. The quantitative estimate of drug-likeness (QED) is 0.315. The zero-order valence-corrected chi connectivity index (χ0v) is 20.2. The standard InChI is InChI=1S/C21H29F3N6.HI/c1-3-25-20(26-10-8-17-12-27-29(2)13-17)28-19-9-11-30(15-19)14-16-4-6-18(7-5-16)21(22,23)24;/h4-7,12-13,19H,3,8-11,14-15H2,1-2H3,(H2,25,26,28);1H. The predicted octanol–water partition coefficient (Wildman–Crippen LogP) is 3.43. The van der Waals surface area contributed by atoms with Gasteiger partial charge in [0.25, 0.3) is 0 Å². The van der Waals surface area contributed by atoms with E-state index in [-0.39, 0.29) is 30.0 Å². The van der Waals surface area contributed by atoms with Crippen molar-refractivity contribution in [1.29, 1.82) is 0 Å². The predicted molar refractivity (Wildman–Crippen MR) is 127 cm³/mol. The van der Waals surface area contributed by atoms with Crippen LogP contribution in [0.5, 0.6) is 0 Å². The maximum atomic E-state index is 12.7. The third-order valence-corrected chi connectivity index (χ3v) is 5.07. The van der Waals surface area contributed by atoms with Gasteiger partial charge in [-0.3, -0.25) is 14.6 Å². The number of hydrogen-bond donors (Lipinski definition) is 2. The minimum atomic E-state index is -4.29. The van der Waals surface area contributed by atoms with E-state index in [9.17, 15) is 13.2 Å². The van der Waals surface area contributed by atoms with Crippen LogP contribution in [0.15, 0.2) is 41.7 Å². The van der Waals surface area contributed by atoms with Crippen LogP contribution in [-0.4, -0.2) is 52.9 Å². The van der Waals surface area contributed by atoms with Gasteiger partial charge < -0.3 is 10.6 Å². The van der Waals surface area contributed by atoms with E-state index >= 15 is 0 Å². The Bertz CT molecular complexity index is 834. The molecule has 1 atom stereocenters. The molecule has 2 heterocycles. The normalized spacial score (nSPS) is 17.5. The number of likely N-dealkylation sites (tertiary alicyclic amines) is 1. The fraction of sp³-hybridized carbons (Fsp3) is 0.524. The van der Waals surface area contributed by atoms with Gasteiger partial charge in [0.15, 0.2) is 5.96 Å². The van der Waals surface area contributed by atoms with E-state index in [4.69, 9.17) is 0 Å². The summed E-state index contributed by atoms with van der Waals surface area (Å²) in [4.78, 5) is 6.91. The topological polar surface area (TPSA) is 57.5 Å². The minimum Gasteiger partial charge on any atom is -0.357 e. The van der Waals surface area contributed by atoms with E-state index in [0.717, 1.165) is 61.7 Å². The maximum Gasteiger partial charge on any atom is 0.416 e. The molecule has 0 amide bonds. The zero-order valence-electron chi connectivity index (χ0n) is 17.8. The molecule has 2 aromatic rings. The first kappa shape index (κ1) is 25.4. The van der Waals surface area contributed by atoms with Gasteiger partial charge in [0, 0.05) is 52.0 Å². The van der Waals surface area contributed by atoms with E-state index in [2.05, 4.69) is 25.6 Å². The van der Waals surface area contributed by atoms with Gasteiger partial charge in [-0.25, -0.2) is 0 Å². The van der Waals surface area contributed by atoms with Crippen molar-refractivity contribution in [3.8, 4) is 0 Å². The highest BCUT2D eigenvalue weighted by molar-refractivity contribution is 14.0. The largest absolute Gasteiger partial charge is 0.416 e. The first-order valence-corrected chi connectivity index (χ1v) is 10.2.